The summed E-state index contributed by atoms with van der Waals surface area (Å²) in [4.78, 5) is 24.8. The van der Waals surface area contributed by atoms with Crippen LogP contribution in [0.2, 0.25) is 0 Å². The summed E-state index contributed by atoms with van der Waals surface area (Å²) in [6.45, 7) is 1.72. The number of halogens is 2. The molecule has 0 radical (unpaired) electrons. The predicted molar refractivity (Wildman–Crippen MR) is 64.0 cm³/mol. The maximum absolute atomic E-state index is 13.1. The number of carbonyl (C=O) groups is 2. The number of carbonyl (C=O) groups excluding carboxylic acids is 2. The lowest BCUT2D eigenvalue weighted by Gasteiger charge is -2.32. The van der Waals surface area contributed by atoms with Crippen molar-refractivity contribution in [2.45, 2.75) is 25.9 Å². The molecule has 1 aliphatic rings. The molecule has 1 atom stereocenters. The molecular formula is C13H14F2N2O2. The summed E-state index contributed by atoms with van der Waals surface area (Å²) in [6.07, 6.45) is 0.485. The molecule has 0 aromatic heterocycles. The summed E-state index contributed by atoms with van der Waals surface area (Å²) in [5.74, 6) is -1.89. The molecule has 0 spiro atoms. The molecule has 1 aromatic rings. The van der Waals surface area contributed by atoms with E-state index in [1.54, 1.807) is 6.92 Å². The van der Waals surface area contributed by atoms with E-state index in [4.69, 9.17) is 0 Å². The van der Waals surface area contributed by atoms with Crippen molar-refractivity contribution in [2.75, 3.05) is 6.54 Å². The van der Waals surface area contributed by atoms with Crippen LogP contribution in [0, 0.1) is 11.6 Å². The van der Waals surface area contributed by atoms with Crippen molar-refractivity contribution in [1.29, 1.82) is 0 Å². The second kappa shape index (κ2) is 5.34. The van der Waals surface area contributed by atoms with E-state index in [1.165, 1.54) is 4.90 Å². The van der Waals surface area contributed by atoms with Gasteiger partial charge in [0.25, 0.3) is 0 Å². The van der Waals surface area contributed by atoms with Gasteiger partial charge in [0.05, 0.1) is 6.54 Å². The summed E-state index contributed by atoms with van der Waals surface area (Å²) in [5.41, 5.74) is 0.329. The minimum Gasteiger partial charge on any atom is -0.343 e. The van der Waals surface area contributed by atoms with Crippen LogP contribution in [-0.4, -0.2) is 29.3 Å². The van der Waals surface area contributed by atoms with E-state index in [9.17, 15) is 18.4 Å². The molecule has 4 nitrogen and oxygen atoms in total. The molecule has 2 rings (SSSR count). The van der Waals surface area contributed by atoms with Crippen LogP contribution in [0.25, 0.3) is 0 Å². The lowest BCUT2D eigenvalue weighted by atomic mass is 10.1. The van der Waals surface area contributed by atoms with E-state index in [0.29, 0.717) is 12.0 Å². The first-order valence-electron chi connectivity index (χ1n) is 6.02. The van der Waals surface area contributed by atoms with Crippen LogP contribution in [0.4, 0.5) is 8.78 Å². The minimum atomic E-state index is -0.698. The number of hydrogen-bond acceptors (Lipinski definition) is 2. The lowest BCUT2D eigenvalue weighted by Crippen LogP contribution is -2.57. The molecule has 0 bridgehead atoms. The molecule has 1 fully saturated rings. The minimum absolute atomic E-state index is 0.0252. The number of piperazine rings is 1. The molecule has 1 saturated heterocycles. The Labute approximate surface area is 109 Å². The van der Waals surface area contributed by atoms with Crippen molar-refractivity contribution in [3.05, 3.63) is 35.4 Å². The number of amides is 2. The number of rotatable bonds is 3. The summed E-state index contributed by atoms with van der Waals surface area (Å²) in [7, 11) is 0. The first-order chi connectivity index (χ1) is 8.99. The van der Waals surface area contributed by atoms with Crippen LogP contribution >= 0.6 is 0 Å². The average molecular weight is 268 g/mol. The molecular weight excluding hydrogens is 254 g/mol. The Balaban J connectivity index is 2.16. The van der Waals surface area contributed by atoms with Gasteiger partial charge in [-0.1, -0.05) is 6.92 Å². The van der Waals surface area contributed by atoms with Crippen molar-refractivity contribution < 1.29 is 18.4 Å². The van der Waals surface area contributed by atoms with Crippen LogP contribution in [0.15, 0.2) is 18.2 Å². The lowest BCUT2D eigenvalue weighted by molar-refractivity contribution is -0.144. The number of benzene rings is 1. The molecule has 1 aromatic carbocycles. The van der Waals surface area contributed by atoms with Crippen molar-refractivity contribution in [1.82, 2.24) is 10.2 Å². The van der Waals surface area contributed by atoms with E-state index < -0.39 is 17.7 Å². The summed E-state index contributed by atoms with van der Waals surface area (Å²) < 4.78 is 26.2. The van der Waals surface area contributed by atoms with E-state index in [-0.39, 0.29) is 24.9 Å². The second-order valence-electron chi connectivity index (χ2n) is 4.50. The fourth-order valence-electron chi connectivity index (χ4n) is 2.11. The fraction of sp³-hybridized carbons (Fsp3) is 0.385. The first-order valence-corrected chi connectivity index (χ1v) is 6.02. The van der Waals surface area contributed by atoms with E-state index in [1.807, 2.05) is 0 Å². The predicted octanol–water partition coefficient (Wildman–Crippen LogP) is 1.20. The van der Waals surface area contributed by atoms with Gasteiger partial charge in [-0.05, 0) is 24.1 Å². The average Bonchev–Trinajstić information content (AvgIpc) is 2.32. The van der Waals surface area contributed by atoms with Crippen LogP contribution in [0.3, 0.4) is 0 Å². The molecule has 1 aliphatic heterocycles. The van der Waals surface area contributed by atoms with Gasteiger partial charge in [0.15, 0.2) is 0 Å². The third-order valence-corrected chi connectivity index (χ3v) is 2.98. The molecule has 0 saturated carbocycles. The molecule has 102 valence electrons. The Bertz CT molecular complexity index is 499. The van der Waals surface area contributed by atoms with Crippen molar-refractivity contribution in [3.8, 4) is 0 Å². The molecule has 2 amide bonds. The van der Waals surface area contributed by atoms with Crippen molar-refractivity contribution in [3.63, 3.8) is 0 Å². The maximum atomic E-state index is 13.1. The van der Waals surface area contributed by atoms with Gasteiger partial charge in [-0.2, -0.15) is 0 Å². The van der Waals surface area contributed by atoms with Gasteiger partial charge in [-0.25, -0.2) is 8.78 Å². The van der Waals surface area contributed by atoms with Crippen LogP contribution in [0.1, 0.15) is 18.9 Å². The highest BCUT2D eigenvalue weighted by Crippen LogP contribution is 2.13. The van der Waals surface area contributed by atoms with Gasteiger partial charge < -0.3 is 10.2 Å². The number of nitrogens with one attached hydrogen (secondary N) is 1. The highest BCUT2D eigenvalue weighted by molar-refractivity contribution is 5.94. The standard InChI is InChI=1S/C13H14F2N2O2/c1-2-11-13(19)17(7-12(18)16-11)6-8-3-9(14)5-10(15)4-8/h3-5,11H,2,6-7H2,1H3,(H,16,18). The summed E-state index contributed by atoms with van der Waals surface area (Å²) >= 11 is 0. The Hall–Kier alpha value is -1.98. The molecule has 0 aliphatic carbocycles. The monoisotopic (exact) mass is 268 g/mol. The smallest absolute Gasteiger partial charge is 0.245 e. The van der Waals surface area contributed by atoms with Gasteiger partial charge in [-0.3, -0.25) is 9.59 Å². The zero-order valence-electron chi connectivity index (χ0n) is 10.5. The molecule has 6 heteroatoms. The largest absolute Gasteiger partial charge is 0.343 e. The quantitative estimate of drug-likeness (QED) is 0.895. The number of hydrogen-bond donors (Lipinski definition) is 1. The summed E-state index contributed by atoms with van der Waals surface area (Å²) in [6, 6.07) is 2.52. The second-order valence-corrected chi connectivity index (χ2v) is 4.50. The maximum Gasteiger partial charge on any atom is 0.245 e. The molecule has 1 heterocycles. The Morgan fingerprint density at radius 1 is 1.26 bits per heavy atom. The van der Waals surface area contributed by atoms with Gasteiger partial charge >= 0.3 is 0 Å². The van der Waals surface area contributed by atoms with Crippen molar-refractivity contribution in [2.24, 2.45) is 0 Å². The van der Waals surface area contributed by atoms with Crippen LogP contribution in [-0.2, 0) is 16.1 Å². The third-order valence-electron chi connectivity index (χ3n) is 2.98. The Morgan fingerprint density at radius 2 is 1.89 bits per heavy atom. The Morgan fingerprint density at radius 3 is 2.47 bits per heavy atom. The SMILES string of the molecule is CCC1NC(=O)CN(Cc2cc(F)cc(F)c2)C1=O. The first kappa shape index (κ1) is 13.5. The van der Waals surface area contributed by atoms with Gasteiger partial charge in [0.2, 0.25) is 11.8 Å². The van der Waals surface area contributed by atoms with Crippen molar-refractivity contribution >= 4 is 11.8 Å². The Kier molecular flexibility index (Phi) is 3.78. The van der Waals surface area contributed by atoms with Gasteiger partial charge in [0, 0.05) is 12.6 Å². The molecule has 1 N–H and O–H groups in total. The highest BCUT2D eigenvalue weighted by atomic mass is 19.1. The normalized spacial score (nSPS) is 19.5. The molecule has 1 unspecified atom stereocenters. The highest BCUT2D eigenvalue weighted by Gasteiger charge is 2.31. The van der Waals surface area contributed by atoms with E-state index in [2.05, 4.69) is 5.32 Å². The van der Waals surface area contributed by atoms with E-state index in [0.717, 1.165) is 18.2 Å². The number of nitrogens with zero attached hydrogens (tertiary/aromatic N) is 1. The topological polar surface area (TPSA) is 49.4 Å². The van der Waals surface area contributed by atoms with Gasteiger partial charge in [0.1, 0.15) is 17.7 Å². The zero-order valence-corrected chi connectivity index (χ0v) is 10.5. The van der Waals surface area contributed by atoms with Crippen LogP contribution < -0.4 is 5.32 Å². The third kappa shape index (κ3) is 3.07. The van der Waals surface area contributed by atoms with Gasteiger partial charge in [-0.15, -0.1) is 0 Å². The summed E-state index contributed by atoms with van der Waals surface area (Å²) in [5, 5.41) is 2.58. The van der Waals surface area contributed by atoms with E-state index >= 15 is 0 Å². The fourth-order valence-corrected chi connectivity index (χ4v) is 2.11. The van der Waals surface area contributed by atoms with Crippen LogP contribution in [0.5, 0.6) is 0 Å². The molecule has 19 heavy (non-hydrogen) atoms. The zero-order chi connectivity index (χ0) is 14.0.